The van der Waals surface area contributed by atoms with Gasteiger partial charge >= 0.3 is 0 Å². The lowest BCUT2D eigenvalue weighted by Crippen LogP contribution is -2.14. The van der Waals surface area contributed by atoms with Crippen molar-refractivity contribution in [2.75, 3.05) is 6.54 Å². The summed E-state index contributed by atoms with van der Waals surface area (Å²) in [6.07, 6.45) is 1.12. The van der Waals surface area contributed by atoms with Crippen LogP contribution in [0.4, 0.5) is 0 Å². The van der Waals surface area contributed by atoms with Gasteiger partial charge in [0.05, 0.1) is 5.69 Å². The fourth-order valence-electron chi connectivity index (χ4n) is 1.80. The molecular formula is C16H19BrN2O. The number of nitrogens with zero attached hydrogens (tertiary/aromatic N) is 1. The van der Waals surface area contributed by atoms with E-state index in [4.69, 9.17) is 4.74 Å². The Morgan fingerprint density at radius 2 is 2.00 bits per heavy atom. The number of hydrogen-bond donors (Lipinski definition) is 1. The molecule has 0 saturated carbocycles. The standard InChI is InChI=1S/C16H19BrN2O/c1-2-10-18-11-14-7-5-9-16(19-14)20-12-13-6-3-4-8-15(13)17/h3-9,18H,2,10-12H2,1H3. The van der Waals surface area contributed by atoms with Crippen LogP contribution in [0.15, 0.2) is 46.9 Å². The van der Waals surface area contributed by atoms with E-state index in [1.807, 2.05) is 42.5 Å². The van der Waals surface area contributed by atoms with E-state index in [0.29, 0.717) is 12.5 Å². The molecule has 1 N–H and O–H groups in total. The SMILES string of the molecule is CCCNCc1cccc(OCc2ccccc2Br)n1. The van der Waals surface area contributed by atoms with Gasteiger partial charge in [0, 0.05) is 22.6 Å². The van der Waals surface area contributed by atoms with Crippen LogP contribution in [0.5, 0.6) is 5.88 Å². The summed E-state index contributed by atoms with van der Waals surface area (Å²) in [5, 5.41) is 3.34. The van der Waals surface area contributed by atoms with E-state index in [2.05, 4.69) is 33.2 Å². The Kier molecular flexibility index (Phi) is 6.02. The van der Waals surface area contributed by atoms with Gasteiger partial charge < -0.3 is 10.1 Å². The minimum atomic E-state index is 0.514. The molecule has 106 valence electrons. The summed E-state index contributed by atoms with van der Waals surface area (Å²) in [4.78, 5) is 4.49. The van der Waals surface area contributed by atoms with E-state index in [1.54, 1.807) is 0 Å². The van der Waals surface area contributed by atoms with Crippen LogP contribution in [0, 0.1) is 0 Å². The van der Waals surface area contributed by atoms with Gasteiger partial charge in [0.15, 0.2) is 0 Å². The molecule has 0 radical (unpaired) electrons. The Morgan fingerprint density at radius 3 is 2.80 bits per heavy atom. The van der Waals surface area contributed by atoms with Crippen molar-refractivity contribution in [1.82, 2.24) is 10.3 Å². The third kappa shape index (κ3) is 4.62. The molecule has 2 aromatic rings. The van der Waals surface area contributed by atoms with Crippen LogP contribution < -0.4 is 10.1 Å². The third-order valence-corrected chi connectivity index (χ3v) is 3.62. The number of benzene rings is 1. The fraction of sp³-hybridized carbons (Fsp3) is 0.312. The van der Waals surface area contributed by atoms with Gasteiger partial charge in [0.25, 0.3) is 0 Å². The highest BCUT2D eigenvalue weighted by Gasteiger charge is 2.02. The zero-order valence-corrected chi connectivity index (χ0v) is 13.2. The Balaban J connectivity index is 1.93. The second-order valence-corrected chi connectivity index (χ2v) is 5.38. The maximum atomic E-state index is 5.75. The van der Waals surface area contributed by atoms with E-state index in [0.717, 1.165) is 35.2 Å². The number of aromatic nitrogens is 1. The second kappa shape index (κ2) is 8.02. The summed E-state index contributed by atoms with van der Waals surface area (Å²) in [5.41, 5.74) is 2.12. The number of hydrogen-bond acceptors (Lipinski definition) is 3. The number of rotatable bonds is 7. The zero-order valence-electron chi connectivity index (χ0n) is 11.6. The molecule has 0 amide bonds. The summed E-state index contributed by atoms with van der Waals surface area (Å²) in [6.45, 7) is 4.45. The molecule has 0 bridgehead atoms. The number of pyridine rings is 1. The molecule has 3 nitrogen and oxygen atoms in total. The highest BCUT2D eigenvalue weighted by Crippen LogP contribution is 2.18. The molecule has 0 saturated heterocycles. The predicted octanol–water partition coefficient (Wildman–Crippen LogP) is 3.92. The molecular weight excluding hydrogens is 316 g/mol. The predicted molar refractivity (Wildman–Crippen MR) is 84.7 cm³/mol. The van der Waals surface area contributed by atoms with Crippen molar-refractivity contribution in [2.45, 2.75) is 26.5 Å². The summed E-state index contributed by atoms with van der Waals surface area (Å²) >= 11 is 3.52. The van der Waals surface area contributed by atoms with Gasteiger partial charge in [-0.15, -0.1) is 0 Å². The molecule has 4 heteroatoms. The first-order valence-corrected chi connectivity index (χ1v) is 7.61. The van der Waals surface area contributed by atoms with Crippen molar-refractivity contribution >= 4 is 15.9 Å². The van der Waals surface area contributed by atoms with Gasteiger partial charge in [-0.05, 0) is 25.1 Å². The average molecular weight is 335 g/mol. The van der Waals surface area contributed by atoms with Crippen LogP contribution in [0.3, 0.4) is 0 Å². The minimum Gasteiger partial charge on any atom is -0.473 e. The lowest BCUT2D eigenvalue weighted by molar-refractivity contribution is 0.292. The Morgan fingerprint density at radius 1 is 1.15 bits per heavy atom. The first-order valence-electron chi connectivity index (χ1n) is 6.82. The van der Waals surface area contributed by atoms with Crippen LogP contribution >= 0.6 is 15.9 Å². The maximum Gasteiger partial charge on any atom is 0.213 e. The van der Waals surface area contributed by atoms with Gasteiger partial charge in [-0.2, -0.15) is 0 Å². The smallest absolute Gasteiger partial charge is 0.213 e. The highest BCUT2D eigenvalue weighted by molar-refractivity contribution is 9.10. The molecule has 0 atom stereocenters. The fourth-order valence-corrected chi connectivity index (χ4v) is 2.20. The number of nitrogens with one attached hydrogen (secondary N) is 1. The summed E-state index contributed by atoms with van der Waals surface area (Å²) in [5.74, 6) is 0.663. The molecule has 0 fully saturated rings. The lowest BCUT2D eigenvalue weighted by Gasteiger charge is -2.08. The summed E-state index contributed by atoms with van der Waals surface area (Å²) in [7, 11) is 0. The molecule has 1 aromatic carbocycles. The van der Waals surface area contributed by atoms with Crippen LogP contribution in [0.2, 0.25) is 0 Å². The van der Waals surface area contributed by atoms with E-state index in [1.165, 1.54) is 0 Å². The minimum absolute atomic E-state index is 0.514. The average Bonchev–Trinajstić information content (AvgIpc) is 2.47. The maximum absolute atomic E-state index is 5.75. The summed E-state index contributed by atoms with van der Waals surface area (Å²) in [6, 6.07) is 13.9. The van der Waals surface area contributed by atoms with Gasteiger partial charge in [-0.1, -0.05) is 47.1 Å². The van der Waals surface area contributed by atoms with Crippen LogP contribution in [0.1, 0.15) is 24.6 Å². The van der Waals surface area contributed by atoms with E-state index in [-0.39, 0.29) is 0 Å². The molecule has 0 unspecified atom stereocenters. The first kappa shape index (κ1) is 15.0. The third-order valence-electron chi connectivity index (χ3n) is 2.85. The van der Waals surface area contributed by atoms with E-state index < -0.39 is 0 Å². The van der Waals surface area contributed by atoms with Crippen molar-refractivity contribution in [1.29, 1.82) is 0 Å². The van der Waals surface area contributed by atoms with Crippen molar-refractivity contribution in [3.8, 4) is 5.88 Å². The van der Waals surface area contributed by atoms with Crippen LogP contribution in [0.25, 0.3) is 0 Å². The normalized spacial score (nSPS) is 10.5. The largest absolute Gasteiger partial charge is 0.473 e. The van der Waals surface area contributed by atoms with Gasteiger partial charge in [-0.25, -0.2) is 4.98 Å². The van der Waals surface area contributed by atoms with Crippen LogP contribution in [-0.2, 0) is 13.2 Å². The Bertz CT molecular complexity index is 546. The first-order chi connectivity index (χ1) is 9.79. The molecule has 0 aliphatic heterocycles. The van der Waals surface area contributed by atoms with Crippen molar-refractivity contribution in [3.05, 3.63) is 58.2 Å². The molecule has 0 spiro atoms. The second-order valence-electron chi connectivity index (χ2n) is 4.52. The van der Waals surface area contributed by atoms with Crippen molar-refractivity contribution in [2.24, 2.45) is 0 Å². The van der Waals surface area contributed by atoms with Gasteiger partial charge in [0.1, 0.15) is 6.61 Å². The van der Waals surface area contributed by atoms with E-state index in [9.17, 15) is 0 Å². The molecule has 1 aromatic heterocycles. The number of ether oxygens (including phenoxy) is 1. The van der Waals surface area contributed by atoms with Crippen molar-refractivity contribution in [3.63, 3.8) is 0 Å². The topological polar surface area (TPSA) is 34.1 Å². The van der Waals surface area contributed by atoms with Gasteiger partial charge in [0.2, 0.25) is 5.88 Å². The zero-order chi connectivity index (χ0) is 14.2. The molecule has 2 rings (SSSR count). The van der Waals surface area contributed by atoms with Gasteiger partial charge in [-0.3, -0.25) is 0 Å². The van der Waals surface area contributed by atoms with Crippen molar-refractivity contribution < 1.29 is 4.74 Å². The quantitative estimate of drug-likeness (QED) is 0.779. The summed E-state index contributed by atoms with van der Waals surface area (Å²) < 4.78 is 6.81. The Hall–Kier alpha value is -1.39. The molecule has 0 aliphatic rings. The molecule has 20 heavy (non-hydrogen) atoms. The molecule has 0 aliphatic carbocycles. The lowest BCUT2D eigenvalue weighted by atomic mass is 10.2. The van der Waals surface area contributed by atoms with E-state index >= 15 is 0 Å². The molecule has 1 heterocycles. The van der Waals surface area contributed by atoms with Crippen LogP contribution in [-0.4, -0.2) is 11.5 Å². The monoisotopic (exact) mass is 334 g/mol. The highest BCUT2D eigenvalue weighted by atomic mass is 79.9. The Labute approximate surface area is 128 Å². The number of halogens is 1.